The molecule has 3 rings (SSSR count). The molecule has 0 saturated heterocycles. The van der Waals surface area contributed by atoms with E-state index in [4.69, 9.17) is 4.74 Å². The van der Waals surface area contributed by atoms with E-state index in [2.05, 4.69) is 9.97 Å². The van der Waals surface area contributed by atoms with Gasteiger partial charge >= 0.3 is 0 Å². The summed E-state index contributed by atoms with van der Waals surface area (Å²) in [5.41, 5.74) is 1.07. The molecule has 17 heavy (non-hydrogen) atoms. The van der Waals surface area contributed by atoms with Crippen molar-refractivity contribution in [1.29, 1.82) is 0 Å². The highest BCUT2D eigenvalue weighted by molar-refractivity contribution is 5.82. The number of aromatic nitrogens is 3. The number of benzene rings is 1. The fourth-order valence-electron chi connectivity index (χ4n) is 1.84. The molecule has 2 aromatic heterocycles. The molecule has 0 amide bonds. The van der Waals surface area contributed by atoms with Crippen molar-refractivity contribution in [2.75, 3.05) is 7.11 Å². The number of nitrogens with zero attached hydrogens (tertiary/aromatic N) is 3. The lowest BCUT2D eigenvalue weighted by Gasteiger charge is -2.03. The molecule has 0 aliphatic rings. The summed E-state index contributed by atoms with van der Waals surface area (Å²) < 4.78 is 7.15. The Bertz CT molecular complexity index is 646. The minimum absolute atomic E-state index is 0.674. The van der Waals surface area contributed by atoms with Crippen molar-refractivity contribution in [2.24, 2.45) is 0 Å². The van der Waals surface area contributed by atoms with Gasteiger partial charge in [0.25, 0.3) is 0 Å². The Kier molecular flexibility index (Phi) is 2.26. The van der Waals surface area contributed by atoms with Crippen molar-refractivity contribution in [2.45, 2.75) is 0 Å². The number of hydrogen-bond acceptors (Lipinski definition) is 3. The summed E-state index contributed by atoms with van der Waals surface area (Å²) in [5.74, 6) is 1.52. The smallest absolute Gasteiger partial charge is 0.234 e. The number of ether oxygens (including phenoxy) is 1. The summed E-state index contributed by atoms with van der Waals surface area (Å²) in [5, 5.41) is 1.11. The summed E-state index contributed by atoms with van der Waals surface area (Å²) in [7, 11) is 1.67. The maximum Gasteiger partial charge on any atom is 0.234 e. The van der Waals surface area contributed by atoms with Gasteiger partial charge in [-0.2, -0.15) is 0 Å². The van der Waals surface area contributed by atoms with Crippen LogP contribution in [0.15, 0.2) is 48.9 Å². The van der Waals surface area contributed by atoms with Gasteiger partial charge in [-0.15, -0.1) is 0 Å². The van der Waals surface area contributed by atoms with Crippen LogP contribution in [0, 0.1) is 0 Å². The minimum Gasteiger partial charge on any atom is -0.497 e. The van der Waals surface area contributed by atoms with Crippen LogP contribution in [0.3, 0.4) is 0 Å². The number of rotatable bonds is 2. The van der Waals surface area contributed by atoms with E-state index in [9.17, 15) is 0 Å². The summed E-state index contributed by atoms with van der Waals surface area (Å²) in [6.07, 6.45) is 5.43. The highest BCUT2D eigenvalue weighted by Gasteiger charge is 2.05. The van der Waals surface area contributed by atoms with Gasteiger partial charge in [-0.05, 0) is 30.3 Å². The first-order valence-corrected chi connectivity index (χ1v) is 5.31. The van der Waals surface area contributed by atoms with Crippen LogP contribution in [-0.4, -0.2) is 21.6 Å². The van der Waals surface area contributed by atoms with Crippen LogP contribution in [0.1, 0.15) is 0 Å². The molecule has 2 heterocycles. The first-order chi connectivity index (χ1) is 8.38. The Morgan fingerprint density at radius 2 is 1.94 bits per heavy atom. The third-order valence-corrected chi connectivity index (χ3v) is 2.67. The first-order valence-electron chi connectivity index (χ1n) is 5.31. The second kappa shape index (κ2) is 3.90. The second-order valence-electron chi connectivity index (χ2n) is 3.66. The van der Waals surface area contributed by atoms with Crippen LogP contribution in [-0.2, 0) is 0 Å². The van der Waals surface area contributed by atoms with Crippen molar-refractivity contribution >= 4 is 10.9 Å². The van der Waals surface area contributed by atoms with Gasteiger partial charge < -0.3 is 4.74 Å². The molecule has 84 valence electrons. The molecule has 0 N–H and O–H groups in total. The third-order valence-electron chi connectivity index (χ3n) is 2.67. The van der Waals surface area contributed by atoms with Crippen LogP contribution < -0.4 is 4.74 Å². The van der Waals surface area contributed by atoms with E-state index in [1.807, 2.05) is 35.0 Å². The van der Waals surface area contributed by atoms with Gasteiger partial charge in [-0.1, -0.05) is 0 Å². The zero-order valence-corrected chi connectivity index (χ0v) is 9.37. The highest BCUT2D eigenvalue weighted by atomic mass is 16.5. The van der Waals surface area contributed by atoms with Gasteiger partial charge in [0.2, 0.25) is 5.95 Å². The molecule has 0 radical (unpaired) electrons. The molecule has 4 nitrogen and oxygen atoms in total. The molecule has 0 atom stereocenters. The van der Waals surface area contributed by atoms with Gasteiger partial charge in [-0.3, -0.25) is 4.57 Å². The lowest BCUT2D eigenvalue weighted by molar-refractivity contribution is 0.415. The normalized spacial score (nSPS) is 10.6. The number of fused-ring (bicyclic) bond motifs is 1. The van der Waals surface area contributed by atoms with E-state index in [1.54, 1.807) is 25.6 Å². The molecule has 1 aromatic carbocycles. The van der Waals surface area contributed by atoms with Crippen LogP contribution in [0.5, 0.6) is 5.75 Å². The largest absolute Gasteiger partial charge is 0.497 e. The summed E-state index contributed by atoms with van der Waals surface area (Å²) in [6, 6.07) is 9.76. The molecule has 0 bridgehead atoms. The predicted molar refractivity (Wildman–Crippen MR) is 65.4 cm³/mol. The molecule has 0 unspecified atom stereocenters. The fraction of sp³-hybridized carbons (Fsp3) is 0.0769. The Hall–Kier alpha value is -2.36. The zero-order valence-electron chi connectivity index (χ0n) is 9.37. The topological polar surface area (TPSA) is 39.9 Å². The summed E-state index contributed by atoms with van der Waals surface area (Å²) in [6.45, 7) is 0. The van der Waals surface area contributed by atoms with Gasteiger partial charge in [0.15, 0.2) is 0 Å². The van der Waals surface area contributed by atoms with Crippen LogP contribution in [0.4, 0.5) is 0 Å². The van der Waals surface area contributed by atoms with E-state index in [0.717, 1.165) is 16.7 Å². The molecule has 4 heteroatoms. The first kappa shape index (κ1) is 9.84. The number of methoxy groups -OCH3 is 1. The van der Waals surface area contributed by atoms with Gasteiger partial charge in [0, 0.05) is 24.0 Å². The van der Waals surface area contributed by atoms with Gasteiger partial charge in [0.05, 0.1) is 12.6 Å². The van der Waals surface area contributed by atoms with Crippen molar-refractivity contribution in [1.82, 2.24) is 14.5 Å². The Morgan fingerprint density at radius 3 is 2.71 bits per heavy atom. The quantitative estimate of drug-likeness (QED) is 0.672. The number of hydrogen-bond donors (Lipinski definition) is 0. The standard InChI is InChI=1S/C13H11N3O/c1-17-11-3-4-12-10(9-11)5-8-16(12)13-14-6-2-7-15-13/h2-9H,1H3. The van der Waals surface area contributed by atoms with Crippen LogP contribution in [0.2, 0.25) is 0 Å². The second-order valence-corrected chi connectivity index (χ2v) is 3.66. The SMILES string of the molecule is COc1ccc2c(ccn2-c2ncccn2)c1. The highest BCUT2D eigenvalue weighted by Crippen LogP contribution is 2.23. The van der Waals surface area contributed by atoms with Crippen molar-refractivity contribution in [3.05, 3.63) is 48.9 Å². The molecule has 0 saturated carbocycles. The maximum atomic E-state index is 5.20. The maximum absolute atomic E-state index is 5.20. The average Bonchev–Trinajstić information content (AvgIpc) is 2.82. The average molecular weight is 225 g/mol. The molecule has 3 aromatic rings. The van der Waals surface area contributed by atoms with E-state index in [-0.39, 0.29) is 0 Å². The van der Waals surface area contributed by atoms with Gasteiger partial charge in [-0.25, -0.2) is 9.97 Å². The zero-order chi connectivity index (χ0) is 11.7. The fourth-order valence-corrected chi connectivity index (χ4v) is 1.84. The van der Waals surface area contributed by atoms with E-state index < -0.39 is 0 Å². The Labute approximate surface area is 98.5 Å². The monoisotopic (exact) mass is 225 g/mol. The van der Waals surface area contributed by atoms with Crippen LogP contribution >= 0.6 is 0 Å². The van der Waals surface area contributed by atoms with Crippen molar-refractivity contribution in [3.63, 3.8) is 0 Å². The molecule has 0 fully saturated rings. The lowest BCUT2D eigenvalue weighted by atomic mass is 10.2. The van der Waals surface area contributed by atoms with Gasteiger partial charge in [0.1, 0.15) is 5.75 Å². The summed E-state index contributed by atoms with van der Waals surface area (Å²) in [4.78, 5) is 8.47. The molecule has 0 aliphatic heterocycles. The Balaban J connectivity index is 2.19. The van der Waals surface area contributed by atoms with E-state index >= 15 is 0 Å². The van der Waals surface area contributed by atoms with E-state index in [1.165, 1.54) is 0 Å². The molecule has 0 spiro atoms. The molecular formula is C13H11N3O. The van der Waals surface area contributed by atoms with Crippen molar-refractivity contribution in [3.8, 4) is 11.7 Å². The minimum atomic E-state index is 0.674. The summed E-state index contributed by atoms with van der Waals surface area (Å²) >= 11 is 0. The van der Waals surface area contributed by atoms with Crippen LogP contribution in [0.25, 0.3) is 16.9 Å². The third kappa shape index (κ3) is 1.63. The lowest BCUT2D eigenvalue weighted by Crippen LogP contribution is -1.97. The molecular weight excluding hydrogens is 214 g/mol. The predicted octanol–water partition coefficient (Wildman–Crippen LogP) is 2.43. The molecule has 0 aliphatic carbocycles. The van der Waals surface area contributed by atoms with Crippen molar-refractivity contribution < 1.29 is 4.74 Å². The van der Waals surface area contributed by atoms with E-state index in [0.29, 0.717) is 5.95 Å². The Morgan fingerprint density at radius 1 is 1.12 bits per heavy atom.